The highest BCUT2D eigenvalue weighted by Gasteiger charge is 2.26. The fraction of sp³-hybridized carbons (Fsp3) is 0.500. The first-order chi connectivity index (χ1) is 16.9. The van der Waals surface area contributed by atoms with E-state index in [1.54, 1.807) is 0 Å². The number of ether oxygens (including phenoxy) is 1. The van der Waals surface area contributed by atoms with Crippen LogP contribution in [0.3, 0.4) is 0 Å². The predicted octanol–water partition coefficient (Wildman–Crippen LogP) is 0.743. The molecule has 3 aliphatic heterocycles. The van der Waals surface area contributed by atoms with E-state index in [-0.39, 0.29) is 0 Å². The minimum absolute atomic E-state index is 0.665. The number of piperazine rings is 2. The van der Waals surface area contributed by atoms with Crippen LogP contribution in [0.1, 0.15) is 0 Å². The Hall–Kier alpha value is -3.08. The molecule has 0 atom stereocenters. The molecule has 0 saturated carbocycles. The molecule has 2 N–H and O–H groups in total. The molecule has 0 spiro atoms. The lowest BCUT2D eigenvalue weighted by Gasteiger charge is -2.32. The number of hydrogen-bond acceptors (Lipinski definition) is 10. The molecule has 2 aromatic heterocycles. The van der Waals surface area contributed by atoms with Gasteiger partial charge in [-0.3, -0.25) is 0 Å². The summed E-state index contributed by atoms with van der Waals surface area (Å²) in [5, 5.41) is 6.85. The van der Waals surface area contributed by atoms with E-state index in [1.807, 2.05) is 6.07 Å². The number of hydrogen-bond donors (Lipinski definition) is 2. The molecule has 0 radical (unpaired) electrons. The van der Waals surface area contributed by atoms with Crippen molar-refractivity contribution in [2.45, 2.75) is 0 Å². The summed E-state index contributed by atoms with van der Waals surface area (Å²) in [5.41, 5.74) is 3.38. The number of nitrogens with zero attached hydrogens (tertiary/aromatic N) is 7. The molecule has 10 nitrogen and oxygen atoms in total. The average molecular weight is 462 g/mol. The second-order valence-corrected chi connectivity index (χ2v) is 8.85. The summed E-state index contributed by atoms with van der Waals surface area (Å²) < 4.78 is 5.62. The summed E-state index contributed by atoms with van der Waals surface area (Å²) in [4.78, 5) is 27.2. The zero-order valence-corrected chi connectivity index (χ0v) is 19.4. The average Bonchev–Trinajstić information content (AvgIpc) is 2.93. The molecule has 0 aliphatic carbocycles. The van der Waals surface area contributed by atoms with Crippen molar-refractivity contribution in [2.75, 3.05) is 93.4 Å². The number of nitrogens with one attached hydrogen (secondary N) is 2. The van der Waals surface area contributed by atoms with E-state index in [2.05, 4.69) is 49.6 Å². The largest absolute Gasteiger partial charge is 0.378 e. The van der Waals surface area contributed by atoms with Crippen molar-refractivity contribution >= 4 is 28.7 Å². The van der Waals surface area contributed by atoms with E-state index in [1.165, 1.54) is 0 Å². The summed E-state index contributed by atoms with van der Waals surface area (Å²) in [6, 6.07) is 10.3. The molecule has 3 aliphatic rings. The summed E-state index contributed by atoms with van der Waals surface area (Å²) in [7, 11) is 0. The molecule has 3 aromatic rings. The first-order valence-corrected chi connectivity index (χ1v) is 12.3. The van der Waals surface area contributed by atoms with Crippen LogP contribution < -0.4 is 25.3 Å². The third kappa shape index (κ3) is 4.24. The van der Waals surface area contributed by atoms with Crippen molar-refractivity contribution < 1.29 is 4.74 Å². The molecule has 3 fully saturated rings. The summed E-state index contributed by atoms with van der Waals surface area (Å²) in [6.07, 6.45) is 0. The third-order valence-corrected chi connectivity index (χ3v) is 6.66. The Labute approximate surface area is 199 Å². The van der Waals surface area contributed by atoms with Gasteiger partial charge in [0.1, 0.15) is 5.69 Å². The topological polar surface area (TPSA) is 94.6 Å². The second-order valence-electron chi connectivity index (χ2n) is 8.85. The fourth-order valence-corrected chi connectivity index (χ4v) is 4.80. The van der Waals surface area contributed by atoms with Crippen molar-refractivity contribution in [1.82, 2.24) is 30.6 Å². The van der Waals surface area contributed by atoms with E-state index in [4.69, 9.17) is 24.7 Å². The maximum Gasteiger partial charge on any atom is 0.229 e. The van der Waals surface area contributed by atoms with Gasteiger partial charge >= 0.3 is 0 Å². The van der Waals surface area contributed by atoms with Crippen LogP contribution in [0.4, 0.5) is 17.6 Å². The molecule has 0 amide bonds. The van der Waals surface area contributed by atoms with Crippen LogP contribution in [0.25, 0.3) is 22.4 Å². The van der Waals surface area contributed by atoms with E-state index in [0.29, 0.717) is 18.9 Å². The van der Waals surface area contributed by atoms with Gasteiger partial charge < -0.3 is 30.1 Å². The van der Waals surface area contributed by atoms with Crippen LogP contribution in [0.5, 0.6) is 0 Å². The number of aromatic nitrogens is 4. The molecular weight excluding hydrogens is 430 g/mol. The predicted molar refractivity (Wildman–Crippen MR) is 134 cm³/mol. The maximum absolute atomic E-state index is 5.62. The Morgan fingerprint density at radius 2 is 1.29 bits per heavy atom. The van der Waals surface area contributed by atoms with Gasteiger partial charge in [0.25, 0.3) is 0 Å². The standard InChI is InChI=1S/C24H31N9O/c1-2-4-18(5-3-1)19-22(31-10-6-25-7-11-31)28-21-20(27-19)23(32-14-16-34-17-15-32)30-24(29-21)33-12-8-26-9-13-33/h1-5,25-26H,6-17H2. The van der Waals surface area contributed by atoms with Crippen LogP contribution in [-0.4, -0.2) is 98.6 Å². The van der Waals surface area contributed by atoms with E-state index >= 15 is 0 Å². The summed E-state index contributed by atoms with van der Waals surface area (Å²) in [6.45, 7) is 10.2. The molecule has 6 rings (SSSR count). The number of benzene rings is 1. The summed E-state index contributed by atoms with van der Waals surface area (Å²) in [5.74, 6) is 2.50. The molecule has 178 valence electrons. The van der Waals surface area contributed by atoms with Crippen LogP contribution in [0.15, 0.2) is 30.3 Å². The van der Waals surface area contributed by atoms with Crippen molar-refractivity contribution in [3.8, 4) is 11.3 Å². The lowest BCUT2D eigenvalue weighted by molar-refractivity contribution is 0.122. The highest BCUT2D eigenvalue weighted by molar-refractivity contribution is 5.89. The molecule has 10 heteroatoms. The first kappa shape index (κ1) is 21.5. The third-order valence-electron chi connectivity index (χ3n) is 6.66. The first-order valence-electron chi connectivity index (χ1n) is 12.3. The van der Waals surface area contributed by atoms with Gasteiger partial charge in [-0.2, -0.15) is 9.97 Å². The molecule has 34 heavy (non-hydrogen) atoms. The molecule has 0 bridgehead atoms. The SMILES string of the molecule is c1ccc(-c2nc3c(N4CCOCC4)nc(N4CCNCC4)nc3nc2N2CCNCC2)cc1. The number of anilines is 3. The van der Waals surface area contributed by atoms with Gasteiger partial charge in [0.05, 0.1) is 13.2 Å². The van der Waals surface area contributed by atoms with Gasteiger partial charge in [-0.1, -0.05) is 30.3 Å². The van der Waals surface area contributed by atoms with Crippen molar-refractivity contribution in [1.29, 1.82) is 0 Å². The quantitative estimate of drug-likeness (QED) is 0.579. The van der Waals surface area contributed by atoms with Gasteiger partial charge in [0.15, 0.2) is 22.8 Å². The fourth-order valence-electron chi connectivity index (χ4n) is 4.80. The minimum atomic E-state index is 0.665. The van der Waals surface area contributed by atoms with E-state index < -0.39 is 0 Å². The molecule has 5 heterocycles. The second kappa shape index (κ2) is 9.65. The van der Waals surface area contributed by atoms with Crippen molar-refractivity contribution in [3.63, 3.8) is 0 Å². The lowest BCUT2D eigenvalue weighted by atomic mass is 10.1. The normalized spacial score (nSPS) is 19.6. The Morgan fingerprint density at radius 3 is 2.00 bits per heavy atom. The number of fused-ring (bicyclic) bond motifs is 1. The Bertz CT molecular complexity index is 1120. The Morgan fingerprint density at radius 1 is 0.647 bits per heavy atom. The highest BCUT2D eigenvalue weighted by atomic mass is 16.5. The smallest absolute Gasteiger partial charge is 0.229 e. The van der Waals surface area contributed by atoms with Crippen LogP contribution in [0, 0.1) is 0 Å². The molecule has 3 saturated heterocycles. The molecule has 1 aromatic carbocycles. The minimum Gasteiger partial charge on any atom is -0.378 e. The van der Waals surface area contributed by atoms with Crippen LogP contribution >= 0.6 is 0 Å². The Balaban J connectivity index is 1.54. The zero-order chi connectivity index (χ0) is 22.7. The van der Waals surface area contributed by atoms with Gasteiger partial charge in [-0.05, 0) is 0 Å². The number of morpholine rings is 1. The van der Waals surface area contributed by atoms with Crippen molar-refractivity contribution in [3.05, 3.63) is 30.3 Å². The maximum atomic E-state index is 5.62. The van der Waals surface area contributed by atoms with Gasteiger partial charge in [-0.15, -0.1) is 0 Å². The van der Waals surface area contributed by atoms with E-state index in [0.717, 1.165) is 99.8 Å². The lowest BCUT2D eigenvalue weighted by Crippen LogP contribution is -2.45. The van der Waals surface area contributed by atoms with Crippen LogP contribution in [-0.2, 0) is 4.74 Å². The molecule has 0 unspecified atom stereocenters. The van der Waals surface area contributed by atoms with Crippen molar-refractivity contribution in [2.24, 2.45) is 0 Å². The van der Waals surface area contributed by atoms with Crippen LogP contribution in [0.2, 0.25) is 0 Å². The van der Waals surface area contributed by atoms with E-state index in [9.17, 15) is 0 Å². The summed E-state index contributed by atoms with van der Waals surface area (Å²) >= 11 is 0. The van der Waals surface area contributed by atoms with Gasteiger partial charge in [-0.25, -0.2) is 9.97 Å². The monoisotopic (exact) mass is 461 g/mol. The van der Waals surface area contributed by atoms with Gasteiger partial charge in [0, 0.05) is 71.0 Å². The number of rotatable bonds is 4. The highest BCUT2D eigenvalue weighted by Crippen LogP contribution is 2.33. The Kier molecular flexibility index (Phi) is 6.09. The molecular formula is C24H31N9O. The zero-order valence-electron chi connectivity index (χ0n) is 19.4. The van der Waals surface area contributed by atoms with Gasteiger partial charge in [0.2, 0.25) is 5.95 Å².